The van der Waals surface area contributed by atoms with Crippen LogP contribution in [0.5, 0.6) is 0 Å². The van der Waals surface area contributed by atoms with Crippen molar-refractivity contribution in [3.8, 4) is 0 Å². The fraction of sp³-hybridized carbons (Fsp3) is 0.318. The number of aromatic nitrogens is 2. The van der Waals surface area contributed by atoms with Crippen LogP contribution in [0.3, 0.4) is 0 Å². The summed E-state index contributed by atoms with van der Waals surface area (Å²) >= 11 is 0. The molecule has 0 bridgehead atoms. The van der Waals surface area contributed by atoms with Gasteiger partial charge in [-0.1, -0.05) is 35.5 Å². The second kappa shape index (κ2) is 9.69. The molecule has 11 heteroatoms. The lowest BCUT2D eigenvalue weighted by atomic mass is 10.1. The highest BCUT2D eigenvalue weighted by atomic mass is 32.2. The van der Waals surface area contributed by atoms with E-state index < -0.39 is 10.0 Å². The molecule has 4 rings (SSSR count). The molecule has 1 saturated heterocycles. The summed E-state index contributed by atoms with van der Waals surface area (Å²) < 4.78 is 28.2. The van der Waals surface area contributed by atoms with Gasteiger partial charge in [0.1, 0.15) is 0 Å². The van der Waals surface area contributed by atoms with Crippen LogP contribution < -0.4 is 10.5 Å². The number of hydrogen-bond acceptors (Lipinski definition) is 7. The lowest BCUT2D eigenvalue weighted by Gasteiger charge is -2.36. The number of carbonyl (C=O) groups is 1. The predicted octanol–water partition coefficient (Wildman–Crippen LogP) is 2.22. The Labute approximate surface area is 192 Å². The molecule has 1 atom stereocenters. The molecule has 2 heterocycles. The Morgan fingerprint density at radius 1 is 1.09 bits per heavy atom. The maximum absolute atomic E-state index is 12.6. The number of piperazine rings is 1. The summed E-state index contributed by atoms with van der Waals surface area (Å²) in [5.41, 5.74) is 1.62. The van der Waals surface area contributed by atoms with E-state index in [1.165, 1.54) is 24.3 Å². The van der Waals surface area contributed by atoms with Gasteiger partial charge in [-0.25, -0.2) is 18.4 Å². The van der Waals surface area contributed by atoms with E-state index in [1.54, 1.807) is 4.90 Å². The largest absolute Gasteiger partial charge is 0.338 e. The Bertz CT molecular complexity index is 1190. The Morgan fingerprint density at radius 2 is 1.76 bits per heavy atom. The summed E-state index contributed by atoms with van der Waals surface area (Å²) in [5.74, 6) is 1.21. The summed E-state index contributed by atoms with van der Waals surface area (Å²) in [6.45, 7) is 4.42. The zero-order valence-corrected chi connectivity index (χ0v) is 19.0. The quantitative estimate of drug-likeness (QED) is 0.564. The van der Waals surface area contributed by atoms with Crippen molar-refractivity contribution in [1.82, 2.24) is 19.9 Å². The maximum Gasteiger partial charge on any atom is 0.321 e. The van der Waals surface area contributed by atoms with Crippen LogP contribution in [0, 0.1) is 0 Å². The molecule has 0 radical (unpaired) electrons. The van der Waals surface area contributed by atoms with Gasteiger partial charge in [0.2, 0.25) is 15.9 Å². The third kappa shape index (κ3) is 5.75. The van der Waals surface area contributed by atoms with Gasteiger partial charge >= 0.3 is 6.03 Å². The topological polar surface area (TPSA) is 135 Å². The Hall–Kier alpha value is -3.28. The van der Waals surface area contributed by atoms with Gasteiger partial charge in [-0.05, 0) is 36.8 Å². The number of nitrogens with zero attached hydrogens (tertiary/aromatic N) is 4. The molecule has 0 aliphatic carbocycles. The second-order valence-electron chi connectivity index (χ2n) is 7.91. The summed E-state index contributed by atoms with van der Waals surface area (Å²) in [5, 5.41) is 12.0. The summed E-state index contributed by atoms with van der Waals surface area (Å²) in [6.07, 6.45) is 0.614. The van der Waals surface area contributed by atoms with Crippen molar-refractivity contribution in [1.29, 1.82) is 0 Å². The lowest BCUT2D eigenvalue weighted by molar-refractivity contribution is 0.104. The van der Waals surface area contributed by atoms with Gasteiger partial charge in [0.05, 0.1) is 10.9 Å². The van der Waals surface area contributed by atoms with Crippen molar-refractivity contribution in [2.75, 3.05) is 31.5 Å². The van der Waals surface area contributed by atoms with Crippen LogP contribution in [-0.4, -0.2) is 60.6 Å². The van der Waals surface area contributed by atoms with Crippen LogP contribution >= 0.6 is 0 Å². The molecule has 1 aliphatic rings. The highest BCUT2D eigenvalue weighted by molar-refractivity contribution is 7.89. The van der Waals surface area contributed by atoms with Crippen LogP contribution in [0.25, 0.3) is 0 Å². The van der Waals surface area contributed by atoms with Gasteiger partial charge in [-0.2, -0.15) is 4.98 Å². The van der Waals surface area contributed by atoms with Gasteiger partial charge in [-0.3, -0.25) is 4.90 Å². The van der Waals surface area contributed by atoms with Gasteiger partial charge in [0.25, 0.3) is 0 Å². The van der Waals surface area contributed by atoms with Crippen LogP contribution in [-0.2, 0) is 16.4 Å². The average Bonchev–Trinajstić information content (AvgIpc) is 3.27. The van der Waals surface area contributed by atoms with Crippen LogP contribution in [0.1, 0.15) is 30.2 Å². The normalized spacial score (nSPS) is 15.9. The van der Waals surface area contributed by atoms with Crippen LogP contribution in [0.2, 0.25) is 0 Å². The van der Waals surface area contributed by atoms with E-state index in [4.69, 9.17) is 9.66 Å². The first-order valence-corrected chi connectivity index (χ1v) is 12.1. The molecular weight excluding hydrogens is 444 g/mol. The average molecular weight is 471 g/mol. The lowest BCUT2D eigenvalue weighted by Crippen LogP contribution is -2.50. The van der Waals surface area contributed by atoms with Crippen molar-refractivity contribution in [2.45, 2.75) is 24.3 Å². The molecule has 3 N–H and O–H groups in total. The summed E-state index contributed by atoms with van der Waals surface area (Å²) in [4.78, 5) is 21.0. The number of carbonyl (C=O) groups excluding carboxylic acids is 1. The Morgan fingerprint density at radius 3 is 2.39 bits per heavy atom. The molecule has 0 unspecified atom stereocenters. The van der Waals surface area contributed by atoms with E-state index in [9.17, 15) is 13.2 Å². The smallest absolute Gasteiger partial charge is 0.321 e. The van der Waals surface area contributed by atoms with E-state index in [1.807, 2.05) is 37.3 Å². The molecular formula is C22H26N6O4S. The Kier molecular flexibility index (Phi) is 6.72. The zero-order valence-electron chi connectivity index (χ0n) is 18.2. The number of urea groups is 1. The second-order valence-corrected chi connectivity index (χ2v) is 9.47. The number of nitrogens with one attached hydrogen (secondary N) is 1. The van der Waals surface area contributed by atoms with Crippen LogP contribution in [0.4, 0.5) is 10.5 Å². The number of nitrogens with two attached hydrogens (primary N) is 1. The first kappa shape index (κ1) is 22.9. The van der Waals surface area contributed by atoms with E-state index in [-0.39, 0.29) is 17.0 Å². The van der Waals surface area contributed by atoms with E-state index in [0.29, 0.717) is 50.0 Å². The van der Waals surface area contributed by atoms with E-state index >= 15 is 0 Å². The monoisotopic (exact) mass is 470 g/mol. The third-order valence-electron chi connectivity index (χ3n) is 5.63. The predicted molar refractivity (Wildman–Crippen MR) is 122 cm³/mol. The Balaban J connectivity index is 1.29. The van der Waals surface area contributed by atoms with Gasteiger partial charge in [0, 0.05) is 38.3 Å². The van der Waals surface area contributed by atoms with Gasteiger partial charge < -0.3 is 14.7 Å². The molecule has 1 aromatic heterocycles. The minimum absolute atomic E-state index is 0.00366. The van der Waals surface area contributed by atoms with Crippen molar-refractivity contribution in [2.24, 2.45) is 5.14 Å². The molecule has 0 saturated carbocycles. The molecule has 33 heavy (non-hydrogen) atoms. The number of primary sulfonamides is 1. The number of anilines is 1. The summed E-state index contributed by atoms with van der Waals surface area (Å²) in [6, 6.07) is 15.4. The molecule has 174 valence electrons. The molecule has 2 aromatic carbocycles. The maximum atomic E-state index is 12.6. The first-order valence-electron chi connectivity index (χ1n) is 10.6. The van der Waals surface area contributed by atoms with Gasteiger partial charge in [0.15, 0.2) is 5.82 Å². The van der Waals surface area contributed by atoms with Gasteiger partial charge in [-0.15, -0.1) is 0 Å². The number of sulfonamides is 1. The summed E-state index contributed by atoms with van der Waals surface area (Å²) in [7, 11) is -3.77. The molecule has 10 nitrogen and oxygen atoms in total. The van der Waals surface area contributed by atoms with Crippen molar-refractivity contribution < 1.29 is 17.7 Å². The minimum Gasteiger partial charge on any atom is -0.338 e. The minimum atomic E-state index is -3.77. The highest BCUT2D eigenvalue weighted by Gasteiger charge is 2.27. The molecule has 0 spiro atoms. The zero-order chi connectivity index (χ0) is 23.4. The first-order chi connectivity index (χ1) is 15.8. The van der Waals surface area contributed by atoms with E-state index in [2.05, 4.69) is 20.4 Å². The third-order valence-corrected chi connectivity index (χ3v) is 6.56. The molecule has 2 amide bonds. The van der Waals surface area contributed by atoms with Crippen LogP contribution in [0.15, 0.2) is 64.0 Å². The number of benzene rings is 2. The standard InChI is InChI=1S/C22H26N6O4S/c1-16(21-25-20(26-32-21)15-17-5-3-2-4-6-17)27-11-13-28(14-12-27)22(29)24-18-7-9-19(10-8-18)33(23,30)31/h2-10,16H,11-15H2,1H3,(H,24,29)(H2,23,30,31)/t16-/m0/s1. The fourth-order valence-corrected chi connectivity index (χ4v) is 4.20. The van der Waals surface area contributed by atoms with Crippen molar-refractivity contribution in [3.63, 3.8) is 0 Å². The molecule has 1 aliphatic heterocycles. The SMILES string of the molecule is C[C@@H](c1nc(Cc2ccccc2)no1)N1CCN(C(=O)Nc2ccc(S(N)(=O)=O)cc2)CC1. The van der Waals surface area contributed by atoms with Crippen molar-refractivity contribution >= 4 is 21.7 Å². The van der Waals surface area contributed by atoms with Crippen molar-refractivity contribution in [3.05, 3.63) is 71.9 Å². The number of amides is 2. The number of rotatable bonds is 6. The number of hydrogen-bond donors (Lipinski definition) is 2. The molecule has 1 fully saturated rings. The fourth-order valence-electron chi connectivity index (χ4n) is 3.69. The highest BCUT2D eigenvalue weighted by Crippen LogP contribution is 2.21. The van der Waals surface area contributed by atoms with E-state index in [0.717, 1.165) is 5.56 Å². The molecule has 3 aromatic rings.